The maximum Gasteiger partial charge on any atom is 0.0518 e. The van der Waals surface area contributed by atoms with E-state index in [2.05, 4.69) is 30.5 Å². The minimum atomic E-state index is 1.04. The Kier molecular flexibility index (Phi) is 5.30. The molecule has 1 N–H and O–H groups in total. The third kappa shape index (κ3) is 4.42. The zero-order valence-corrected chi connectivity index (χ0v) is 9.29. The zero-order chi connectivity index (χ0) is 10.2. The van der Waals surface area contributed by atoms with Crippen LogP contribution >= 0.6 is 0 Å². The molecule has 0 unspecified atom stereocenters. The van der Waals surface area contributed by atoms with Gasteiger partial charge in [0.25, 0.3) is 0 Å². The fourth-order valence-electron chi connectivity index (χ4n) is 1.41. The minimum Gasteiger partial charge on any atom is -0.317 e. The lowest BCUT2D eigenvalue weighted by Gasteiger charge is -2.03. The molecule has 3 heteroatoms. The van der Waals surface area contributed by atoms with Gasteiger partial charge >= 0.3 is 0 Å². The second-order valence-electron chi connectivity index (χ2n) is 3.74. The molecule has 1 aromatic heterocycles. The highest BCUT2D eigenvalue weighted by molar-refractivity contribution is 4.99. The largest absolute Gasteiger partial charge is 0.317 e. The van der Waals surface area contributed by atoms with E-state index >= 15 is 0 Å². The highest BCUT2D eigenvalue weighted by atomic mass is 15.3. The number of unbranched alkanes of at least 4 members (excludes halogenated alkanes) is 1. The summed E-state index contributed by atoms with van der Waals surface area (Å²) in [5, 5.41) is 7.64. The molecule has 1 rings (SSSR count). The fourth-order valence-corrected chi connectivity index (χ4v) is 1.41. The quantitative estimate of drug-likeness (QED) is 0.674. The molecule has 80 valence electrons. The third-order valence-electron chi connectivity index (χ3n) is 2.18. The van der Waals surface area contributed by atoms with E-state index in [1.54, 1.807) is 0 Å². The minimum absolute atomic E-state index is 1.04. The zero-order valence-electron chi connectivity index (χ0n) is 9.29. The van der Waals surface area contributed by atoms with Gasteiger partial charge in [0.05, 0.1) is 6.20 Å². The van der Waals surface area contributed by atoms with Gasteiger partial charge in [0.15, 0.2) is 0 Å². The lowest BCUT2D eigenvalue weighted by molar-refractivity contribution is 0.534. The van der Waals surface area contributed by atoms with Crippen molar-refractivity contribution >= 4 is 0 Å². The first-order valence-electron chi connectivity index (χ1n) is 5.52. The standard InChI is InChI=1S/C11H21N3/c1-3-6-12-7-4-5-8-14-10-11(2)9-13-14/h9-10,12H,3-8H2,1-2H3. The summed E-state index contributed by atoms with van der Waals surface area (Å²) in [6, 6.07) is 0. The summed E-state index contributed by atoms with van der Waals surface area (Å²) in [4.78, 5) is 0. The average molecular weight is 195 g/mol. The van der Waals surface area contributed by atoms with E-state index in [0.29, 0.717) is 0 Å². The number of nitrogens with one attached hydrogen (secondary N) is 1. The van der Waals surface area contributed by atoms with E-state index in [1.807, 2.05) is 10.9 Å². The summed E-state index contributed by atoms with van der Waals surface area (Å²) in [7, 11) is 0. The Bertz CT molecular complexity index is 242. The van der Waals surface area contributed by atoms with E-state index in [1.165, 1.54) is 24.8 Å². The van der Waals surface area contributed by atoms with Gasteiger partial charge in [-0.25, -0.2) is 0 Å². The van der Waals surface area contributed by atoms with Gasteiger partial charge in [-0.1, -0.05) is 6.92 Å². The van der Waals surface area contributed by atoms with E-state index in [-0.39, 0.29) is 0 Å². The number of aryl methyl sites for hydroxylation is 2. The smallest absolute Gasteiger partial charge is 0.0518 e. The molecule has 0 aromatic carbocycles. The fraction of sp³-hybridized carbons (Fsp3) is 0.727. The van der Waals surface area contributed by atoms with Crippen molar-refractivity contribution in [3.05, 3.63) is 18.0 Å². The van der Waals surface area contributed by atoms with Crippen molar-refractivity contribution in [2.45, 2.75) is 39.7 Å². The molecule has 0 radical (unpaired) electrons. The highest BCUT2D eigenvalue weighted by Crippen LogP contribution is 1.97. The number of hydrogen-bond donors (Lipinski definition) is 1. The molecule has 14 heavy (non-hydrogen) atoms. The molecular weight excluding hydrogens is 174 g/mol. The predicted molar refractivity (Wildman–Crippen MR) is 59.4 cm³/mol. The van der Waals surface area contributed by atoms with Crippen molar-refractivity contribution < 1.29 is 0 Å². The van der Waals surface area contributed by atoms with Gasteiger partial charge in [-0.15, -0.1) is 0 Å². The van der Waals surface area contributed by atoms with Crippen LogP contribution < -0.4 is 5.32 Å². The first kappa shape index (κ1) is 11.2. The molecule has 1 heterocycles. The van der Waals surface area contributed by atoms with Crippen LogP contribution in [-0.4, -0.2) is 22.9 Å². The molecule has 0 aliphatic carbocycles. The van der Waals surface area contributed by atoms with E-state index in [9.17, 15) is 0 Å². The van der Waals surface area contributed by atoms with Gasteiger partial charge in [0, 0.05) is 12.7 Å². The van der Waals surface area contributed by atoms with Crippen LogP contribution in [0.1, 0.15) is 31.7 Å². The van der Waals surface area contributed by atoms with Gasteiger partial charge in [-0.3, -0.25) is 4.68 Å². The number of nitrogens with zero attached hydrogens (tertiary/aromatic N) is 2. The summed E-state index contributed by atoms with van der Waals surface area (Å²) in [6.07, 6.45) is 7.67. The van der Waals surface area contributed by atoms with Crippen LogP contribution in [0.4, 0.5) is 0 Å². The first-order valence-corrected chi connectivity index (χ1v) is 5.52. The lowest BCUT2D eigenvalue weighted by Crippen LogP contribution is -2.16. The monoisotopic (exact) mass is 195 g/mol. The topological polar surface area (TPSA) is 29.9 Å². The molecule has 0 saturated heterocycles. The number of aromatic nitrogens is 2. The Labute approximate surface area is 86.5 Å². The Morgan fingerprint density at radius 2 is 2.21 bits per heavy atom. The normalized spacial score (nSPS) is 10.7. The maximum absolute atomic E-state index is 4.25. The van der Waals surface area contributed by atoms with Gasteiger partial charge in [-0.2, -0.15) is 5.10 Å². The summed E-state index contributed by atoms with van der Waals surface area (Å²) in [6.45, 7) is 7.59. The lowest BCUT2D eigenvalue weighted by atomic mass is 10.3. The Morgan fingerprint density at radius 1 is 1.36 bits per heavy atom. The molecule has 0 saturated carbocycles. The van der Waals surface area contributed by atoms with Crippen LogP contribution in [0.15, 0.2) is 12.4 Å². The molecular formula is C11H21N3. The first-order chi connectivity index (χ1) is 6.83. The van der Waals surface area contributed by atoms with E-state index < -0.39 is 0 Å². The van der Waals surface area contributed by atoms with E-state index in [0.717, 1.165) is 19.6 Å². The molecule has 0 aliphatic heterocycles. The van der Waals surface area contributed by atoms with Crippen molar-refractivity contribution in [1.82, 2.24) is 15.1 Å². The molecule has 0 aliphatic rings. The van der Waals surface area contributed by atoms with Crippen molar-refractivity contribution in [2.75, 3.05) is 13.1 Å². The summed E-state index contributed by atoms with van der Waals surface area (Å²) in [5.74, 6) is 0. The molecule has 0 atom stereocenters. The molecule has 0 fully saturated rings. The SMILES string of the molecule is CCCNCCCCn1cc(C)cn1. The van der Waals surface area contributed by atoms with Gasteiger partial charge < -0.3 is 5.32 Å². The second-order valence-corrected chi connectivity index (χ2v) is 3.74. The van der Waals surface area contributed by atoms with Crippen LogP contribution in [0.5, 0.6) is 0 Å². The van der Waals surface area contributed by atoms with Crippen LogP contribution in [0, 0.1) is 6.92 Å². The van der Waals surface area contributed by atoms with Crippen molar-refractivity contribution in [3.8, 4) is 0 Å². The summed E-state index contributed by atoms with van der Waals surface area (Å²) < 4.78 is 2.02. The molecule has 0 amide bonds. The number of rotatable bonds is 7. The van der Waals surface area contributed by atoms with Crippen LogP contribution in [0.25, 0.3) is 0 Å². The molecule has 3 nitrogen and oxygen atoms in total. The molecule has 0 spiro atoms. The highest BCUT2D eigenvalue weighted by Gasteiger charge is 1.93. The Balaban J connectivity index is 1.99. The van der Waals surface area contributed by atoms with Crippen molar-refractivity contribution in [2.24, 2.45) is 0 Å². The summed E-state index contributed by atoms with van der Waals surface area (Å²) in [5.41, 5.74) is 1.24. The van der Waals surface area contributed by atoms with Gasteiger partial charge in [0.1, 0.15) is 0 Å². The molecule has 1 aromatic rings. The van der Waals surface area contributed by atoms with Crippen LogP contribution in [0.2, 0.25) is 0 Å². The van der Waals surface area contributed by atoms with Crippen molar-refractivity contribution in [3.63, 3.8) is 0 Å². The van der Waals surface area contributed by atoms with Gasteiger partial charge in [0.2, 0.25) is 0 Å². The van der Waals surface area contributed by atoms with Gasteiger partial charge in [-0.05, 0) is 44.8 Å². The summed E-state index contributed by atoms with van der Waals surface area (Å²) >= 11 is 0. The van der Waals surface area contributed by atoms with Crippen LogP contribution in [-0.2, 0) is 6.54 Å². The predicted octanol–water partition coefficient (Wildman–Crippen LogP) is 1.97. The Hall–Kier alpha value is -0.830. The van der Waals surface area contributed by atoms with E-state index in [4.69, 9.17) is 0 Å². The third-order valence-corrected chi connectivity index (χ3v) is 2.18. The maximum atomic E-state index is 4.25. The second kappa shape index (κ2) is 6.60. The molecule has 0 bridgehead atoms. The Morgan fingerprint density at radius 3 is 2.86 bits per heavy atom. The number of hydrogen-bond acceptors (Lipinski definition) is 2. The van der Waals surface area contributed by atoms with Crippen LogP contribution in [0.3, 0.4) is 0 Å². The van der Waals surface area contributed by atoms with Crippen molar-refractivity contribution in [1.29, 1.82) is 0 Å². The average Bonchev–Trinajstić information content (AvgIpc) is 2.58.